The molecule has 0 radical (unpaired) electrons. The van der Waals surface area contributed by atoms with Crippen LogP contribution >= 0.6 is 15.9 Å². The number of nitrogens with zero attached hydrogens (tertiary/aromatic N) is 1. The summed E-state index contributed by atoms with van der Waals surface area (Å²) in [6.07, 6.45) is 2.96. The summed E-state index contributed by atoms with van der Waals surface area (Å²) in [5, 5.41) is 0. The molecule has 0 spiro atoms. The molecular weight excluding hydrogens is 278 g/mol. The summed E-state index contributed by atoms with van der Waals surface area (Å²) in [7, 11) is 0. The number of benzene rings is 1. The van der Waals surface area contributed by atoms with Gasteiger partial charge in [-0.25, -0.2) is 0 Å². The van der Waals surface area contributed by atoms with Gasteiger partial charge in [-0.05, 0) is 36.5 Å². The molecule has 2 rings (SSSR count). The molecule has 1 aromatic carbocycles. The number of likely N-dealkylation sites (tertiary alicyclic amines) is 1. The van der Waals surface area contributed by atoms with Crippen molar-refractivity contribution in [3.05, 3.63) is 34.3 Å². The van der Waals surface area contributed by atoms with Gasteiger partial charge in [-0.15, -0.1) is 0 Å². The number of hydrogen-bond donors (Lipinski definition) is 0. The third-order valence-electron chi connectivity index (χ3n) is 3.38. The number of amides is 1. The van der Waals surface area contributed by atoms with E-state index in [2.05, 4.69) is 35.0 Å². The average molecular weight is 296 g/mol. The first-order chi connectivity index (χ1) is 8.16. The third kappa shape index (κ3) is 3.32. The van der Waals surface area contributed by atoms with E-state index in [4.69, 9.17) is 0 Å². The summed E-state index contributed by atoms with van der Waals surface area (Å²) in [6.45, 7) is 4.02. The molecule has 3 heteroatoms. The second kappa shape index (κ2) is 5.67. The Morgan fingerprint density at radius 1 is 1.29 bits per heavy atom. The average Bonchev–Trinajstić information content (AvgIpc) is 2.83. The van der Waals surface area contributed by atoms with Crippen molar-refractivity contribution in [3.63, 3.8) is 0 Å². The van der Waals surface area contributed by atoms with E-state index in [1.54, 1.807) is 0 Å². The first kappa shape index (κ1) is 12.6. The second-order valence-corrected chi connectivity index (χ2v) is 5.66. The van der Waals surface area contributed by atoms with Crippen molar-refractivity contribution in [1.82, 2.24) is 4.90 Å². The Morgan fingerprint density at radius 3 is 2.47 bits per heavy atom. The Bertz CT molecular complexity index is 382. The highest BCUT2D eigenvalue weighted by atomic mass is 79.9. The highest BCUT2D eigenvalue weighted by Crippen LogP contribution is 2.23. The van der Waals surface area contributed by atoms with Gasteiger partial charge in [-0.2, -0.15) is 0 Å². The summed E-state index contributed by atoms with van der Waals surface area (Å²) in [6, 6.07) is 8.25. The number of hydrogen-bond acceptors (Lipinski definition) is 1. The molecule has 1 aliphatic rings. The Labute approximate surface area is 111 Å². The van der Waals surface area contributed by atoms with Gasteiger partial charge in [0.1, 0.15) is 0 Å². The zero-order chi connectivity index (χ0) is 12.3. The maximum Gasteiger partial charge on any atom is 0.223 e. The summed E-state index contributed by atoms with van der Waals surface area (Å²) >= 11 is 3.42. The fraction of sp³-hybridized carbons (Fsp3) is 0.500. The molecule has 17 heavy (non-hydrogen) atoms. The molecule has 0 aromatic heterocycles. The first-order valence-corrected chi connectivity index (χ1v) is 6.99. The quantitative estimate of drug-likeness (QED) is 0.835. The maximum absolute atomic E-state index is 12.0. The van der Waals surface area contributed by atoms with Crippen molar-refractivity contribution in [2.45, 2.75) is 32.1 Å². The van der Waals surface area contributed by atoms with Gasteiger partial charge in [0.15, 0.2) is 0 Å². The first-order valence-electron chi connectivity index (χ1n) is 6.20. The highest BCUT2D eigenvalue weighted by Gasteiger charge is 2.20. The van der Waals surface area contributed by atoms with Crippen molar-refractivity contribution in [3.8, 4) is 0 Å². The van der Waals surface area contributed by atoms with E-state index in [1.165, 1.54) is 18.4 Å². The third-order valence-corrected chi connectivity index (χ3v) is 3.91. The van der Waals surface area contributed by atoms with Crippen molar-refractivity contribution < 1.29 is 4.79 Å². The van der Waals surface area contributed by atoms with Crippen LogP contribution < -0.4 is 0 Å². The zero-order valence-electron chi connectivity index (χ0n) is 10.2. The lowest BCUT2D eigenvalue weighted by molar-refractivity contribution is -0.130. The molecule has 2 nitrogen and oxygen atoms in total. The number of carbonyl (C=O) groups excluding carboxylic acids is 1. The lowest BCUT2D eigenvalue weighted by atomic mass is 9.97. The van der Waals surface area contributed by atoms with Gasteiger partial charge in [0, 0.05) is 24.0 Å². The van der Waals surface area contributed by atoms with Crippen molar-refractivity contribution in [2.75, 3.05) is 13.1 Å². The molecule has 0 bridgehead atoms. The summed E-state index contributed by atoms with van der Waals surface area (Å²) in [5.74, 6) is 0.606. The van der Waals surface area contributed by atoms with Gasteiger partial charge in [0.2, 0.25) is 5.91 Å². The largest absolute Gasteiger partial charge is 0.343 e. The minimum Gasteiger partial charge on any atom is -0.343 e. The van der Waals surface area contributed by atoms with Crippen molar-refractivity contribution in [2.24, 2.45) is 0 Å². The topological polar surface area (TPSA) is 20.3 Å². The summed E-state index contributed by atoms with van der Waals surface area (Å²) in [5.41, 5.74) is 1.24. The Hall–Kier alpha value is -0.830. The summed E-state index contributed by atoms with van der Waals surface area (Å²) < 4.78 is 1.08. The lowest BCUT2D eigenvalue weighted by Crippen LogP contribution is -2.28. The van der Waals surface area contributed by atoms with Crippen LogP contribution in [-0.2, 0) is 4.79 Å². The molecule has 1 unspecified atom stereocenters. The second-order valence-electron chi connectivity index (χ2n) is 4.74. The summed E-state index contributed by atoms with van der Waals surface area (Å²) in [4.78, 5) is 14.0. The fourth-order valence-electron chi connectivity index (χ4n) is 2.27. The smallest absolute Gasteiger partial charge is 0.223 e. The maximum atomic E-state index is 12.0. The molecule has 0 aliphatic carbocycles. The molecule has 1 fully saturated rings. The minimum atomic E-state index is 0.302. The Balaban J connectivity index is 1.93. The van der Waals surface area contributed by atoms with Crippen molar-refractivity contribution in [1.29, 1.82) is 0 Å². The number of halogens is 1. The van der Waals surface area contributed by atoms with Gasteiger partial charge in [0.05, 0.1) is 0 Å². The van der Waals surface area contributed by atoms with Crippen LogP contribution in [0.25, 0.3) is 0 Å². The van der Waals surface area contributed by atoms with Gasteiger partial charge >= 0.3 is 0 Å². The van der Waals surface area contributed by atoms with Crippen LogP contribution in [0.1, 0.15) is 37.7 Å². The highest BCUT2D eigenvalue weighted by molar-refractivity contribution is 9.10. The van der Waals surface area contributed by atoms with Crippen LogP contribution in [-0.4, -0.2) is 23.9 Å². The number of rotatable bonds is 3. The minimum absolute atomic E-state index is 0.302. The van der Waals surface area contributed by atoms with Crippen molar-refractivity contribution >= 4 is 21.8 Å². The normalized spacial score (nSPS) is 17.2. The van der Waals surface area contributed by atoms with E-state index in [1.807, 2.05) is 17.0 Å². The Kier molecular flexibility index (Phi) is 4.21. The predicted molar refractivity (Wildman–Crippen MR) is 73.0 cm³/mol. The molecule has 0 N–H and O–H groups in total. The molecule has 92 valence electrons. The van der Waals surface area contributed by atoms with Crippen LogP contribution in [0.3, 0.4) is 0 Å². The van der Waals surface area contributed by atoms with E-state index in [-0.39, 0.29) is 0 Å². The molecular formula is C14H18BrNO. The number of carbonyl (C=O) groups is 1. The van der Waals surface area contributed by atoms with Gasteiger partial charge < -0.3 is 4.90 Å². The van der Waals surface area contributed by atoms with Crippen LogP contribution in [0, 0.1) is 0 Å². The zero-order valence-corrected chi connectivity index (χ0v) is 11.7. The lowest BCUT2D eigenvalue weighted by Gasteiger charge is -2.18. The molecule has 1 heterocycles. The van der Waals surface area contributed by atoms with Crippen LogP contribution in [0.4, 0.5) is 0 Å². The standard InChI is InChI=1S/C14H18BrNO/c1-11(12-4-6-13(15)7-5-12)10-14(17)16-8-2-3-9-16/h4-7,11H,2-3,8-10H2,1H3. The van der Waals surface area contributed by atoms with Crippen LogP contribution in [0.2, 0.25) is 0 Å². The Morgan fingerprint density at radius 2 is 1.88 bits per heavy atom. The molecule has 0 saturated carbocycles. The van der Waals surface area contributed by atoms with Crippen LogP contribution in [0.15, 0.2) is 28.7 Å². The van der Waals surface area contributed by atoms with E-state index in [0.717, 1.165) is 17.6 Å². The monoisotopic (exact) mass is 295 g/mol. The van der Waals surface area contributed by atoms with E-state index >= 15 is 0 Å². The molecule has 1 aromatic rings. The van der Waals surface area contributed by atoms with Gasteiger partial charge in [0.25, 0.3) is 0 Å². The van der Waals surface area contributed by atoms with Gasteiger partial charge in [-0.3, -0.25) is 4.79 Å². The fourth-order valence-corrected chi connectivity index (χ4v) is 2.53. The molecule has 1 atom stereocenters. The molecule has 1 aliphatic heterocycles. The van der Waals surface area contributed by atoms with E-state index in [0.29, 0.717) is 18.2 Å². The predicted octanol–water partition coefficient (Wildman–Crippen LogP) is 3.57. The molecule has 1 amide bonds. The van der Waals surface area contributed by atoms with Gasteiger partial charge in [-0.1, -0.05) is 35.0 Å². The van der Waals surface area contributed by atoms with E-state index in [9.17, 15) is 4.79 Å². The SMILES string of the molecule is CC(CC(=O)N1CCCC1)c1ccc(Br)cc1. The molecule has 1 saturated heterocycles. The van der Waals surface area contributed by atoms with Crippen LogP contribution in [0.5, 0.6) is 0 Å². The van der Waals surface area contributed by atoms with E-state index < -0.39 is 0 Å².